The van der Waals surface area contributed by atoms with Gasteiger partial charge >= 0.3 is 5.97 Å². The first-order valence-electron chi connectivity index (χ1n) is 5.26. The minimum absolute atomic E-state index is 0.0313. The van der Waals surface area contributed by atoms with Gasteiger partial charge in [-0.25, -0.2) is 17.6 Å². The molecule has 0 heterocycles. The van der Waals surface area contributed by atoms with Gasteiger partial charge in [0.15, 0.2) is 5.25 Å². The van der Waals surface area contributed by atoms with Crippen molar-refractivity contribution in [2.75, 3.05) is 4.72 Å². The topological polar surface area (TPSA) is 107 Å². The van der Waals surface area contributed by atoms with E-state index in [0.29, 0.717) is 0 Å². The third-order valence-electron chi connectivity index (χ3n) is 2.37. The largest absolute Gasteiger partial charge is 0.478 e. The summed E-state index contributed by atoms with van der Waals surface area (Å²) in [5.74, 6) is -2.65. The summed E-state index contributed by atoms with van der Waals surface area (Å²) in [4.78, 5) is 10.9. The molecule has 1 atom stereocenters. The van der Waals surface area contributed by atoms with Crippen molar-refractivity contribution in [2.45, 2.75) is 18.6 Å². The van der Waals surface area contributed by atoms with E-state index in [1.807, 2.05) is 4.72 Å². The van der Waals surface area contributed by atoms with Crippen LogP contribution in [0.5, 0.6) is 0 Å². The van der Waals surface area contributed by atoms with Crippen molar-refractivity contribution >= 4 is 21.7 Å². The van der Waals surface area contributed by atoms with Crippen molar-refractivity contribution in [2.24, 2.45) is 0 Å². The Bertz CT molecular complexity index is 637. The minimum atomic E-state index is -4.09. The molecule has 0 aliphatic carbocycles. The fourth-order valence-electron chi connectivity index (χ4n) is 1.43. The lowest BCUT2D eigenvalue weighted by Crippen LogP contribution is -2.27. The zero-order valence-electron chi connectivity index (χ0n) is 9.92. The van der Waals surface area contributed by atoms with Crippen LogP contribution in [-0.2, 0) is 10.0 Å². The third-order valence-corrected chi connectivity index (χ3v) is 4.06. The van der Waals surface area contributed by atoms with Gasteiger partial charge in [0.1, 0.15) is 11.4 Å². The molecule has 1 aromatic rings. The number of hydrogen-bond acceptors (Lipinski definition) is 4. The molecule has 0 saturated heterocycles. The Morgan fingerprint density at radius 2 is 2.21 bits per heavy atom. The van der Waals surface area contributed by atoms with Gasteiger partial charge in [0.25, 0.3) is 0 Å². The maximum Gasteiger partial charge on any atom is 0.340 e. The Balaban J connectivity index is 3.25. The van der Waals surface area contributed by atoms with E-state index < -0.39 is 38.3 Å². The van der Waals surface area contributed by atoms with Gasteiger partial charge in [0.05, 0.1) is 11.8 Å². The molecule has 2 N–H and O–H groups in total. The molecular formula is C11H11FN2O4S. The molecule has 0 aromatic heterocycles. The van der Waals surface area contributed by atoms with Gasteiger partial charge in [-0.15, -0.1) is 0 Å². The fraction of sp³-hybridized carbons (Fsp3) is 0.273. The number of sulfonamides is 1. The van der Waals surface area contributed by atoms with Crippen LogP contribution in [0, 0.1) is 17.1 Å². The lowest BCUT2D eigenvalue weighted by Gasteiger charge is -2.13. The lowest BCUT2D eigenvalue weighted by atomic mass is 10.2. The molecule has 102 valence electrons. The summed E-state index contributed by atoms with van der Waals surface area (Å²) < 4.78 is 38.9. The molecule has 0 fully saturated rings. The summed E-state index contributed by atoms with van der Waals surface area (Å²) in [6.07, 6.45) is 0.0313. The molecule has 1 unspecified atom stereocenters. The van der Waals surface area contributed by atoms with E-state index in [1.165, 1.54) is 13.0 Å². The summed E-state index contributed by atoms with van der Waals surface area (Å²) in [6, 6.07) is 4.78. The number of carboxylic acids is 1. The molecular weight excluding hydrogens is 275 g/mol. The molecule has 19 heavy (non-hydrogen) atoms. The highest BCUT2D eigenvalue weighted by Gasteiger charge is 2.26. The first-order valence-corrected chi connectivity index (χ1v) is 6.81. The van der Waals surface area contributed by atoms with E-state index >= 15 is 0 Å². The second-order valence-corrected chi connectivity index (χ2v) is 5.50. The van der Waals surface area contributed by atoms with Crippen molar-refractivity contribution in [3.63, 3.8) is 0 Å². The monoisotopic (exact) mass is 286 g/mol. The molecule has 0 amide bonds. The van der Waals surface area contributed by atoms with Crippen molar-refractivity contribution in [3.8, 4) is 6.07 Å². The van der Waals surface area contributed by atoms with E-state index in [4.69, 9.17) is 10.4 Å². The number of hydrogen-bond donors (Lipinski definition) is 2. The number of rotatable bonds is 5. The fourth-order valence-corrected chi connectivity index (χ4v) is 2.63. The van der Waals surface area contributed by atoms with E-state index in [9.17, 15) is 17.6 Å². The van der Waals surface area contributed by atoms with Crippen LogP contribution in [-0.4, -0.2) is 24.7 Å². The molecule has 0 saturated carbocycles. The first kappa shape index (κ1) is 14.9. The SMILES string of the molecule is CCC(C#N)S(=O)(=O)Nc1cccc(F)c1C(=O)O. The van der Waals surface area contributed by atoms with Gasteiger partial charge in [-0.1, -0.05) is 13.0 Å². The summed E-state index contributed by atoms with van der Waals surface area (Å²) in [5, 5.41) is 16.2. The van der Waals surface area contributed by atoms with Crippen LogP contribution in [0.1, 0.15) is 23.7 Å². The van der Waals surface area contributed by atoms with Crippen LogP contribution in [0.3, 0.4) is 0 Å². The van der Waals surface area contributed by atoms with Crippen molar-refractivity contribution in [3.05, 3.63) is 29.6 Å². The highest BCUT2D eigenvalue weighted by Crippen LogP contribution is 2.21. The van der Waals surface area contributed by atoms with Crippen LogP contribution in [0.2, 0.25) is 0 Å². The van der Waals surface area contributed by atoms with Gasteiger partial charge in [-0.05, 0) is 18.6 Å². The number of halogens is 1. The van der Waals surface area contributed by atoms with E-state index in [1.54, 1.807) is 6.07 Å². The van der Waals surface area contributed by atoms with E-state index in [2.05, 4.69) is 0 Å². The van der Waals surface area contributed by atoms with Crippen molar-refractivity contribution in [1.82, 2.24) is 0 Å². The number of benzene rings is 1. The van der Waals surface area contributed by atoms with E-state index in [-0.39, 0.29) is 6.42 Å². The molecule has 1 aromatic carbocycles. The second-order valence-electron chi connectivity index (χ2n) is 3.64. The van der Waals surface area contributed by atoms with Crippen LogP contribution in [0.25, 0.3) is 0 Å². The highest BCUT2D eigenvalue weighted by atomic mass is 32.2. The first-order chi connectivity index (χ1) is 8.83. The number of nitrogens with zero attached hydrogens (tertiary/aromatic N) is 1. The predicted octanol–water partition coefficient (Wildman–Crippen LogP) is 1.57. The van der Waals surface area contributed by atoms with Crippen molar-refractivity contribution < 1.29 is 22.7 Å². The normalized spacial score (nSPS) is 12.5. The van der Waals surface area contributed by atoms with Crippen LogP contribution in [0.15, 0.2) is 18.2 Å². The third kappa shape index (κ3) is 3.20. The number of anilines is 1. The number of carbonyl (C=O) groups is 1. The summed E-state index contributed by atoms with van der Waals surface area (Å²) >= 11 is 0. The molecule has 0 aliphatic rings. The summed E-state index contributed by atoms with van der Waals surface area (Å²) in [5.41, 5.74) is -1.18. The Morgan fingerprint density at radius 3 is 2.68 bits per heavy atom. The maximum atomic E-state index is 13.4. The quantitative estimate of drug-likeness (QED) is 0.854. The molecule has 0 radical (unpaired) electrons. The van der Waals surface area contributed by atoms with E-state index in [0.717, 1.165) is 12.1 Å². The van der Waals surface area contributed by atoms with Crippen LogP contribution in [0.4, 0.5) is 10.1 Å². The zero-order chi connectivity index (χ0) is 14.6. The maximum absolute atomic E-state index is 13.4. The summed E-state index contributed by atoms with van der Waals surface area (Å²) in [7, 11) is -4.09. The van der Waals surface area contributed by atoms with Crippen LogP contribution < -0.4 is 4.72 Å². The summed E-state index contributed by atoms with van der Waals surface area (Å²) in [6.45, 7) is 1.50. The molecule has 0 aliphatic heterocycles. The smallest absolute Gasteiger partial charge is 0.340 e. The van der Waals surface area contributed by atoms with Gasteiger partial charge in [0, 0.05) is 0 Å². The minimum Gasteiger partial charge on any atom is -0.478 e. The molecule has 1 rings (SSSR count). The van der Waals surface area contributed by atoms with Gasteiger partial charge < -0.3 is 5.11 Å². The Kier molecular flexibility index (Phi) is 4.45. The molecule has 0 spiro atoms. The van der Waals surface area contributed by atoms with Gasteiger partial charge in [-0.3, -0.25) is 4.72 Å². The molecule has 8 heteroatoms. The molecule has 0 bridgehead atoms. The number of nitriles is 1. The van der Waals surface area contributed by atoms with Gasteiger partial charge in [-0.2, -0.15) is 5.26 Å². The Morgan fingerprint density at radius 1 is 1.58 bits per heavy atom. The number of nitrogens with one attached hydrogen (secondary N) is 1. The number of carboxylic acid groups (broad SMARTS) is 1. The standard InChI is InChI=1S/C11H11FN2O4S/c1-2-7(6-13)19(17,18)14-9-5-3-4-8(12)10(9)11(15)16/h3-5,7,14H,2H2,1H3,(H,15,16). The predicted molar refractivity (Wildman–Crippen MR) is 65.6 cm³/mol. The Hall–Kier alpha value is -2.14. The average molecular weight is 286 g/mol. The second kappa shape index (κ2) is 5.67. The van der Waals surface area contributed by atoms with Gasteiger partial charge in [0.2, 0.25) is 10.0 Å². The lowest BCUT2D eigenvalue weighted by molar-refractivity contribution is 0.0693. The molecule has 6 nitrogen and oxygen atoms in total. The number of aromatic carboxylic acids is 1. The highest BCUT2D eigenvalue weighted by molar-refractivity contribution is 7.93. The average Bonchev–Trinajstić information content (AvgIpc) is 2.28. The zero-order valence-corrected chi connectivity index (χ0v) is 10.7. The Labute approximate surface area is 109 Å². The van der Waals surface area contributed by atoms with Crippen molar-refractivity contribution in [1.29, 1.82) is 5.26 Å². The van der Waals surface area contributed by atoms with Crippen LogP contribution >= 0.6 is 0 Å².